The summed E-state index contributed by atoms with van der Waals surface area (Å²) in [7, 11) is 0. The van der Waals surface area contributed by atoms with Crippen molar-refractivity contribution in [3.8, 4) is 32.3 Å². The molecule has 0 spiro atoms. The van der Waals surface area contributed by atoms with Crippen LogP contribution in [0.5, 0.6) is 5.75 Å². The smallest absolute Gasteiger partial charge is 0.119 e. The molecule has 0 bridgehead atoms. The molecule has 6 aromatic rings. The van der Waals surface area contributed by atoms with Crippen molar-refractivity contribution in [2.45, 2.75) is 52.4 Å². The van der Waals surface area contributed by atoms with Crippen molar-refractivity contribution < 1.29 is 4.74 Å². The Morgan fingerprint density at radius 2 is 1.15 bits per heavy atom. The van der Waals surface area contributed by atoms with E-state index in [2.05, 4.69) is 119 Å². The fourth-order valence-electron chi connectivity index (χ4n) is 5.57. The second-order valence-corrected chi connectivity index (χ2v) is 14.1. The number of benzene rings is 3. The Balaban J connectivity index is 1.30. The molecular weight excluding hydrogens is 606 g/mol. The molecular formula is C36H36BrNOS2. The zero-order chi connectivity index (χ0) is 28.2. The lowest BCUT2D eigenvalue weighted by molar-refractivity contribution is 0.304. The number of nitrogens with zero attached hydrogens (tertiary/aromatic N) is 1. The highest BCUT2D eigenvalue weighted by Crippen LogP contribution is 2.39. The highest BCUT2D eigenvalue weighted by molar-refractivity contribution is 9.09. The minimum atomic E-state index is 0.781. The lowest BCUT2D eigenvalue weighted by Crippen LogP contribution is -1.98. The number of thiophene rings is 2. The number of aryl methyl sites for hydroxylation is 2. The minimum absolute atomic E-state index is 0.781. The van der Waals surface area contributed by atoms with E-state index in [0.29, 0.717) is 0 Å². The molecule has 0 N–H and O–H groups in total. The second kappa shape index (κ2) is 13.0. The molecule has 210 valence electrons. The van der Waals surface area contributed by atoms with E-state index in [4.69, 9.17) is 4.74 Å². The summed E-state index contributed by atoms with van der Waals surface area (Å²) in [4.78, 5) is 5.31. The van der Waals surface area contributed by atoms with Crippen LogP contribution >= 0.6 is 38.6 Å². The van der Waals surface area contributed by atoms with Crippen molar-refractivity contribution >= 4 is 60.4 Å². The van der Waals surface area contributed by atoms with Crippen LogP contribution in [0.2, 0.25) is 0 Å². The fourth-order valence-corrected chi connectivity index (χ4v) is 7.70. The van der Waals surface area contributed by atoms with E-state index in [-0.39, 0.29) is 0 Å². The van der Waals surface area contributed by atoms with Crippen LogP contribution < -0.4 is 4.74 Å². The van der Waals surface area contributed by atoms with E-state index in [9.17, 15) is 0 Å². The van der Waals surface area contributed by atoms with Gasteiger partial charge in [-0.1, -0.05) is 53.7 Å². The van der Waals surface area contributed by atoms with Crippen LogP contribution in [0.15, 0.2) is 84.9 Å². The topological polar surface area (TPSA) is 14.2 Å². The zero-order valence-electron chi connectivity index (χ0n) is 23.8. The third kappa shape index (κ3) is 6.33. The number of rotatable bonds is 12. The molecule has 0 unspecified atom stereocenters. The Morgan fingerprint density at radius 1 is 0.610 bits per heavy atom. The van der Waals surface area contributed by atoms with E-state index >= 15 is 0 Å². The van der Waals surface area contributed by atoms with Gasteiger partial charge in [0.25, 0.3) is 0 Å². The van der Waals surface area contributed by atoms with Crippen LogP contribution in [-0.2, 0) is 0 Å². The van der Waals surface area contributed by atoms with Gasteiger partial charge in [-0.05, 0) is 111 Å². The predicted octanol–water partition coefficient (Wildman–Crippen LogP) is 12.0. The first kappa shape index (κ1) is 28.3. The van der Waals surface area contributed by atoms with Crippen molar-refractivity contribution in [2.24, 2.45) is 0 Å². The summed E-state index contributed by atoms with van der Waals surface area (Å²) >= 11 is 7.22. The third-order valence-electron chi connectivity index (χ3n) is 7.71. The van der Waals surface area contributed by atoms with Crippen LogP contribution in [0.1, 0.15) is 48.3 Å². The highest BCUT2D eigenvalue weighted by Gasteiger charge is 2.15. The van der Waals surface area contributed by atoms with Crippen molar-refractivity contribution in [2.75, 3.05) is 11.9 Å². The van der Waals surface area contributed by atoms with E-state index in [1.54, 1.807) is 0 Å². The van der Waals surface area contributed by atoms with Crippen molar-refractivity contribution in [3.63, 3.8) is 0 Å². The van der Waals surface area contributed by atoms with Crippen LogP contribution in [0.3, 0.4) is 0 Å². The Hall–Kier alpha value is -2.86. The molecule has 41 heavy (non-hydrogen) atoms. The first-order chi connectivity index (χ1) is 20.1. The standard InChI is InChI=1S/C36H36BrNOS2/c1-25-9-19-35(40-25)27-11-17-33-31(23-27)32-24-28(36-20-10-26(2)41-36)12-18-34(32)38(33)29-13-15-30(16-14-29)39-22-8-6-4-3-5-7-21-37/h9-20,23-24H,3-8,21-22H2,1-2H3. The summed E-state index contributed by atoms with van der Waals surface area (Å²) in [6.07, 6.45) is 7.57. The second-order valence-electron chi connectivity index (χ2n) is 10.8. The number of hydrogen-bond donors (Lipinski definition) is 0. The van der Waals surface area contributed by atoms with Gasteiger partial charge in [0, 0.05) is 41.3 Å². The maximum Gasteiger partial charge on any atom is 0.119 e. The Kier molecular flexibility index (Phi) is 8.95. The summed E-state index contributed by atoms with van der Waals surface area (Å²) in [6.45, 7) is 5.13. The monoisotopic (exact) mass is 641 g/mol. The highest BCUT2D eigenvalue weighted by atomic mass is 79.9. The minimum Gasteiger partial charge on any atom is -0.494 e. The molecule has 0 saturated carbocycles. The number of ether oxygens (including phenoxy) is 1. The van der Waals surface area contributed by atoms with Crippen molar-refractivity contribution in [1.29, 1.82) is 0 Å². The van der Waals surface area contributed by atoms with E-state index in [1.165, 1.54) is 84.5 Å². The average Bonchev–Trinajstić information content (AvgIpc) is 3.71. The van der Waals surface area contributed by atoms with Crippen LogP contribution in [0.25, 0.3) is 48.4 Å². The van der Waals surface area contributed by atoms with Crippen LogP contribution in [-0.4, -0.2) is 16.5 Å². The SMILES string of the molecule is Cc1ccc(-c2ccc3c(c2)c2cc(-c4ccc(C)s4)ccc2n3-c2ccc(OCCCCCCCCBr)cc2)s1. The lowest BCUT2D eigenvalue weighted by atomic mass is 10.1. The Morgan fingerprint density at radius 3 is 1.66 bits per heavy atom. The zero-order valence-corrected chi connectivity index (χ0v) is 27.0. The first-order valence-corrected chi connectivity index (χ1v) is 17.4. The summed E-state index contributed by atoms with van der Waals surface area (Å²) in [6, 6.07) is 31.4. The molecule has 3 aromatic carbocycles. The van der Waals surface area contributed by atoms with E-state index < -0.39 is 0 Å². The van der Waals surface area contributed by atoms with Crippen LogP contribution in [0.4, 0.5) is 0 Å². The molecule has 0 aliphatic carbocycles. The quantitative estimate of drug-likeness (QED) is 0.0957. The van der Waals surface area contributed by atoms with Gasteiger partial charge in [0.15, 0.2) is 0 Å². The number of fused-ring (bicyclic) bond motifs is 3. The van der Waals surface area contributed by atoms with Crippen molar-refractivity contribution in [3.05, 3.63) is 94.7 Å². The molecule has 3 aromatic heterocycles. The van der Waals surface area contributed by atoms with Crippen molar-refractivity contribution in [1.82, 2.24) is 4.57 Å². The summed E-state index contributed by atoms with van der Waals surface area (Å²) in [5.41, 5.74) is 6.16. The Labute approximate surface area is 259 Å². The summed E-state index contributed by atoms with van der Waals surface area (Å²) < 4.78 is 8.50. The number of aromatic nitrogens is 1. The first-order valence-electron chi connectivity index (χ1n) is 14.6. The van der Waals surface area contributed by atoms with Gasteiger partial charge in [-0.25, -0.2) is 0 Å². The van der Waals surface area contributed by atoms with Gasteiger partial charge in [0.05, 0.1) is 17.6 Å². The largest absolute Gasteiger partial charge is 0.494 e. The fraction of sp³-hybridized carbons (Fsp3) is 0.278. The predicted molar refractivity (Wildman–Crippen MR) is 184 cm³/mol. The number of unbranched alkanes of at least 4 members (excludes halogenated alkanes) is 5. The maximum atomic E-state index is 6.10. The lowest BCUT2D eigenvalue weighted by Gasteiger charge is -2.11. The molecule has 0 saturated heterocycles. The molecule has 0 aliphatic rings. The molecule has 6 rings (SSSR count). The number of halogens is 1. The van der Waals surface area contributed by atoms with Gasteiger partial charge in [0.2, 0.25) is 0 Å². The summed E-state index contributed by atoms with van der Waals surface area (Å²) in [5, 5.41) is 3.69. The number of alkyl halides is 1. The molecule has 0 radical (unpaired) electrons. The van der Waals surface area contributed by atoms with Gasteiger partial charge < -0.3 is 9.30 Å². The molecule has 0 atom stereocenters. The van der Waals surface area contributed by atoms with Gasteiger partial charge in [-0.15, -0.1) is 22.7 Å². The van der Waals surface area contributed by atoms with E-state index in [1.807, 2.05) is 22.7 Å². The average molecular weight is 643 g/mol. The van der Waals surface area contributed by atoms with Gasteiger partial charge in [-0.3, -0.25) is 0 Å². The maximum absolute atomic E-state index is 6.10. The van der Waals surface area contributed by atoms with Crippen LogP contribution in [0, 0.1) is 13.8 Å². The van der Waals surface area contributed by atoms with E-state index in [0.717, 1.165) is 29.8 Å². The normalized spacial score (nSPS) is 11.6. The molecule has 0 fully saturated rings. The third-order valence-corrected chi connectivity index (χ3v) is 10.4. The summed E-state index contributed by atoms with van der Waals surface area (Å²) in [5.74, 6) is 0.944. The molecule has 2 nitrogen and oxygen atoms in total. The number of hydrogen-bond acceptors (Lipinski definition) is 3. The molecule has 0 aliphatic heterocycles. The Bertz CT molecular complexity index is 1660. The van der Waals surface area contributed by atoms with Gasteiger partial charge in [-0.2, -0.15) is 0 Å². The van der Waals surface area contributed by atoms with Gasteiger partial charge in [0.1, 0.15) is 5.75 Å². The molecule has 0 amide bonds. The van der Waals surface area contributed by atoms with Gasteiger partial charge >= 0.3 is 0 Å². The molecule has 5 heteroatoms. The molecule has 3 heterocycles.